The van der Waals surface area contributed by atoms with Crippen LogP contribution in [0.15, 0.2) is 53.7 Å². The predicted octanol–water partition coefficient (Wildman–Crippen LogP) is 3.24. The zero-order valence-electron chi connectivity index (χ0n) is 12.2. The minimum absolute atomic E-state index is 0.506. The highest BCUT2D eigenvalue weighted by atomic mass is 32.1. The molecule has 2 aromatic carbocycles. The minimum Gasteiger partial charge on any atom is -0.497 e. The quantitative estimate of drug-likeness (QED) is 0.751. The Morgan fingerprint density at radius 2 is 1.64 bits per heavy atom. The maximum Gasteiger partial charge on any atom is 0.193 e. The second-order valence-corrected chi connectivity index (χ2v) is 4.96. The summed E-state index contributed by atoms with van der Waals surface area (Å²) in [6.45, 7) is 0. The molecule has 0 saturated carbocycles. The lowest BCUT2D eigenvalue weighted by molar-refractivity contribution is 0.414. The van der Waals surface area contributed by atoms with E-state index in [1.165, 1.54) is 0 Å². The summed E-state index contributed by atoms with van der Waals surface area (Å²) < 4.78 is 12.5. The van der Waals surface area contributed by atoms with Gasteiger partial charge in [-0.05, 0) is 36.4 Å². The first kappa shape index (κ1) is 14.5. The molecule has 0 bridgehead atoms. The van der Waals surface area contributed by atoms with E-state index in [2.05, 4.69) is 22.8 Å². The van der Waals surface area contributed by atoms with E-state index in [-0.39, 0.29) is 0 Å². The predicted molar refractivity (Wildman–Crippen MR) is 87.2 cm³/mol. The van der Waals surface area contributed by atoms with Crippen molar-refractivity contribution >= 4 is 12.6 Å². The van der Waals surface area contributed by atoms with Gasteiger partial charge in [0.2, 0.25) is 0 Å². The molecule has 0 saturated heterocycles. The van der Waals surface area contributed by atoms with Gasteiger partial charge >= 0.3 is 0 Å². The first-order valence-electron chi connectivity index (χ1n) is 6.67. The molecule has 6 heteroatoms. The Bertz CT molecular complexity index is 784. The standard InChI is InChI=1S/C16H15N3O2S/c1-20-12-9-7-11(8-10-12)19-15(17-18-16(19)22)13-5-3-4-6-14(13)21-2/h3-10H,1-2H3,(H,18,22). The van der Waals surface area contributed by atoms with Crippen LogP contribution in [0.5, 0.6) is 11.5 Å². The van der Waals surface area contributed by atoms with Crippen LogP contribution >= 0.6 is 12.6 Å². The second kappa shape index (κ2) is 6.11. The molecule has 0 aliphatic heterocycles. The molecular weight excluding hydrogens is 298 g/mol. The van der Waals surface area contributed by atoms with E-state index in [0.717, 1.165) is 22.7 Å². The molecular formula is C16H15N3O2S. The summed E-state index contributed by atoms with van der Waals surface area (Å²) in [6, 6.07) is 15.3. The van der Waals surface area contributed by atoms with Gasteiger partial charge in [0.25, 0.3) is 0 Å². The molecule has 5 nitrogen and oxygen atoms in total. The van der Waals surface area contributed by atoms with Gasteiger partial charge in [-0.15, -0.1) is 22.8 Å². The van der Waals surface area contributed by atoms with E-state index >= 15 is 0 Å². The smallest absolute Gasteiger partial charge is 0.193 e. The van der Waals surface area contributed by atoms with Crippen LogP contribution in [0.2, 0.25) is 0 Å². The summed E-state index contributed by atoms with van der Waals surface area (Å²) in [5.41, 5.74) is 1.75. The van der Waals surface area contributed by atoms with Gasteiger partial charge in [-0.1, -0.05) is 12.1 Å². The van der Waals surface area contributed by atoms with Gasteiger partial charge in [0.05, 0.1) is 19.8 Å². The highest BCUT2D eigenvalue weighted by Gasteiger charge is 2.16. The summed E-state index contributed by atoms with van der Waals surface area (Å²) in [5, 5.41) is 8.82. The van der Waals surface area contributed by atoms with Crippen LogP contribution in [-0.2, 0) is 0 Å². The first-order valence-corrected chi connectivity index (χ1v) is 7.11. The molecule has 3 aromatic rings. The van der Waals surface area contributed by atoms with Crippen LogP contribution in [0.25, 0.3) is 17.1 Å². The monoisotopic (exact) mass is 313 g/mol. The normalized spacial score (nSPS) is 10.5. The third kappa shape index (κ3) is 2.53. The Labute approximate surface area is 133 Å². The summed E-state index contributed by atoms with van der Waals surface area (Å²) >= 11 is 4.41. The Morgan fingerprint density at radius 3 is 2.32 bits per heavy atom. The average molecular weight is 313 g/mol. The van der Waals surface area contributed by atoms with Gasteiger partial charge in [-0.3, -0.25) is 4.57 Å². The van der Waals surface area contributed by atoms with Crippen molar-refractivity contribution in [1.82, 2.24) is 14.8 Å². The van der Waals surface area contributed by atoms with E-state index in [1.54, 1.807) is 14.2 Å². The van der Waals surface area contributed by atoms with E-state index in [9.17, 15) is 0 Å². The molecule has 1 heterocycles. The largest absolute Gasteiger partial charge is 0.497 e. The molecule has 0 amide bonds. The molecule has 1 aromatic heterocycles. The fourth-order valence-corrected chi connectivity index (χ4v) is 2.50. The van der Waals surface area contributed by atoms with E-state index in [4.69, 9.17) is 9.47 Å². The molecule has 22 heavy (non-hydrogen) atoms. The van der Waals surface area contributed by atoms with Crippen molar-refractivity contribution in [2.45, 2.75) is 5.16 Å². The van der Waals surface area contributed by atoms with Crippen LogP contribution in [0.3, 0.4) is 0 Å². The zero-order valence-corrected chi connectivity index (χ0v) is 13.1. The number of para-hydroxylation sites is 1. The van der Waals surface area contributed by atoms with Crippen molar-refractivity contribution < 1.29 is 9.47 Å². The fourth-order valence-electron chi connectivity index (χ4n) is 2.25. The third-order valence-corrected chi connectivity index (χ3v) is 3.61. The molecule has 0 atom stereocenters. The number of methoxy groups -OCH3 is 2. The molecule has 0 fully saturated rings. The van der Waals surface area contributed by atoms with Crippen LogP contribution < -0.4 is 9.47 Å². The lowest BCUT2D eigenvalue weighted by atomic mass is 10.2. The number of hydrogen-bond donors (Lipinski definition) is 1. The summed E-state index contributed by atoms with van der Waals surface area (Å²) in [7, 11) is 3.27. The zero-order chi connectivity index (χ0) is 15.5. The lowest BCUT2D eigenvalue weighted by Crippen LogP contribution is -1.99. The number of hydrogen-bond acceptors (Lipinski definition) is 5. The van der Waals surface area contributed by atoms with Crippen molar-refractivity contribution in [1.29, 1.82) is 0 Å². The number of nitrogens with zero attached hydrogens (tertiary/aromatic N) is 3. The van der Waals surface area contributed by atoms with Gasteiger partial charge < -0.3 is 9.47 Å². The van der Waals surface area contributed by atoms with Gasteiger partial charge in [0.15, 0.2) is 11.0 Å². The summed E-state index contributed by atoms with van der Waals surface area (Å²) in [6.07, 6.45) is 0. The molecule has 0 radical (unpaired) electrons. The minimum atomic E-state index is 0.506. The molecule has 0 spiro atoms. The Hall–Kier alpha value is -2.47. The molecule has 0 aliphatic rings. The highest BCUT2D eigenvalue weighted by molar-refractivity contribution is 7.80. The van der Waals surface area contributed by atoms with Crippen LogP contribution in [-0.4, -0.2) is 29.0 Å². The Morgan fingerprint density at radius 1 is 0.909 bits per heavy atom. The van der Waals surface area contributed by atoms with Gasteiger partial charge in [0, 0.05) is 5.69 Å². The average Bonchev–Trinajstić information content (AvgIpc) is 2.96. The van der Waals surface area contributed by atoms with Crippen LogP contribution in [0.1, 0.15) is 0 Å². The maximum absolute atomic E-state index is 5.41. The third-order valence-electron chi connectivity index (χ3n) is 3.32. The second-order valence-electron chi connectivity index (χ2n) is 4.56. The lowest BCUT2D eigenvalue weighted by Gasteiger charge is -2.11. The number of rotatable bonds is 4. The maximum atomic E-state index is 5.41. The van der Waals surface area contributed by atoms with E-state index < -0.39 is 0 Å². The van der Waals surface area contributed by atoms with Gasteiger partial charge in [0.1, 0.15) is 11.5 Å². The number of benzene rings is 2. The molecule has 0 N–H and O–H groups in total. The topological polar surface area (TPSA) is 49.2 Å². The van der Waals surface area contributed by atoms with Gasteiger partial charge in [-0.25, -0.2) is 0 Å². The molecule has 112 valence electrons. The number of aromatic nitrogens is 3. The number of ether oxygens (including phenoxy) is 2. The fraction of sp³-hybridized carbons (Fsp3) is 0.125. The van der Waals surface area contributed by atoms with E-state index in [0.29, 0.717) is 11.0 Å². The van der Waals surface area contributed by atoms with Crippen molar-refractivity contribution in [3.63, 3.8) is 0 Å². The SMILES string of the molecule is COc1ccc(-n2c(S)nnc2-c2ccccc2OC)cc1. The highest BCUT2D eigenvalue weighted by Crippen LogP contribution is 2.31. The Balaban J connectivity index is 2.15. The molecule has 0 unspecified atom stereocenters. The molecule has 3 rings (SSSR count). The van der Waals surface area contributed by atoms with Crippen molar-refractivity contribution in [2.24, 2.45) is 0 Å². The Kier molecular flexibility index (Phi) is 4.02. The van der Waals surface area contributed by atoms with Crippen molar-refractivity contribution in [3.8, 4) is 28.6 Å². The summed E-state index contributed by atoms with van der Waals surface area (Å²) in [4.78, 5) is 0. The van der Waals surface area contributed by atoms with E-state index in [1.807, 2.05) is 53.1 Å². The van der Waals surface area contributed by atoms with Crippen molar-refractivity contribution in [2.75, 3.05) is 14.2 Å². The number of thiol groups is 1. The van der Waals surface area contributed by atoms with Crippen LogP contribution in [0, 0.1) is 0 Å². The summed E-state index contributed by atoms with van der Waals surface area (Å²) in [5.74, 6) is 2.20. The first-order chi connectivity index (χ1) is 10.7. The van der Waals surface area contributed by atoms with Crippen LogP contribution in [0.4, 0.5) is 0 Å². The van der Waals surface area contributed by atoms with Gasteiger partial charge in [-0.2, -0.15) is 0 Å². The molecule has 0 aliphatic carbocycles. The van der Waals surface area contributed by atoms with Crippen molar-refractivity contribution in [3.05, 3.63) is 48.5 Å².